The molecule has 12 heteroatoms. The van der Waals surface area contributed by atoms with Crippen LogP contribution in [0.4, 0.5) is 5.69 Å². The number of anilines is 1. The first-order valence-electron chi connectivity index (χ1n) is 15.8. The van der Waals surface area contributed by atoms with Crippen molar-refractivity contribution in [1.82, 2.24) is 26.3 Å². The van der Waals surface area contributed by atoms with Crippen LogP contribution in [-0.2, 0) is 20.8 Å². The second kappa shape index (κ2) is 14.9. The molecule has 46 heavy (non-hydrogen) atoms. The van der Waals surface area contributed by atoms with Gasteiger partial charge in [-0.25, -0.2) is 4.98 Å². The molecule has 1 fully saturated rings. The maximum atomic E-state index is 13.8. The molecule has 12 nitrogen and oxygen atoms in total. The Bertz CT molecular complexity index is 1570. The van der Waals surface area contributed by atoms with Crippen LogP contribution in [0.2, 0.25) is 0 Å². The number of nitrogens with one attached hydrogen (secondary N) is 4. The van der Waals surface area contributed by atoms with Crippen LogP contribution in [0.25, 0.3) is 0 Å². The lowest BCUT2D eigenvalue weighted by Crippen LogP contribution is -2.55. The Labute approximate surface area is 267 Å². The van der Waals surface area contributed by atoms with Crippen LogP contribution < -0.4 is 26.2 Å². The van der Waals surface area contributed by atoms with Crippen molar-refractivity contribution in [2.75, 3.05) is 18.0 Å². The summed E-state index contributed by atoms with van der Waals surface area (Å²) in [6, 6.07) is 13.5. The van der Waals surface area contributed by atoms with Crippen LogP contribution >= 0.6 is 0 Å². The molecule has 1 saturated heterocycles. The maximum absolute atomic E-state index is 13.8. The Morgan fingerprint density at radius 1 is 1.00 bits per heavy atom. The Kier molecular flexibility index (Phi) is 10.5. The molecule has 0 spiro atoms. The van der Waals surface area contributed by atoms with Crippen LogP contribution in [0.5, 0.6) is 0 Å². The molecule has 2 bridgehead atoms. The molecule has 0 unspecified atom stereocenters. The Balaban J connectivity index is 1.40. The predicted octanol–water partition coefficient (Wildman–Crippen LogP) is 3.05. The first kappa shape index (κ1) is 32.4. The summed E-state index contributed by atoms with van der Waals surface area (Å²) in [6.45, 7) is 4.69. The van der Waals surface area contributed by atoms with E-state index >= 15 is 0 Å². The highest BCUT2D eigenvalue weighted by molar-refractivity contribution is 6.01. The van der Waals surface area contributed by atoms with Gasteiger partial charge in [0.1, 0.15) is 24.4 Å². The van der Waals surface area contributed by atoms with E-state index in [0.29, 0.717) is 43.6 Å². The highest BCUT2D eigenvalue weighted by Crippen LogP contribution is 2.24. The molecule has 242 valence electrons. The fourth-order valence-electron chi connectivity index (χ4n) is 5.65. The van der Waals surface area contributed by atoms with Crippen molar-refractivity contribution in [3.8, 4) is 0 Å². The average molecular weight is 629 g/mol. The first-order valence-corrected chi connectivity index (χ1v) is 15.8. The number of benzene rings is 2. The molecule has 1 aromatic heterocycles. The van der Waals surface area contributed by atoms with Crippen LogP contribution in [-0.4, -0.2) is 59.7 Å². The highest BCUT2D eigenvalue weighted by atomic mass is 16.3. The molecule has 5 rings (SSSR count). The number of carbonyl (C=O) groups excluding carboxylic acids is 5. The minimum atomic E-state index is -0.981. The Hall–Kier alpha value is -5.00. The fraction of sp³-hybridized carbons (Fsp3) is 0.412. The number of fused-ring (bicyclic) bond motifs is 2. The van der Waals surface area contributed by atoms with Crippen molar-refractivity contribution in [2.24, 2.45) is 5.92 Å². The van der Waals surface area contributed by atoms with E-state index in [1.807, 2.05) is 44.2 Å². The van der Waals surface area contributed by atoms with Crippen LogP contribution in [0, 0.1) is 5.92 Å². The molecule has 4 N–H and O–H groups in total. The van der Waals surface area contributed by atoms with Crippen LogP contribution in [0.3, 0.4) is 0 Å². The van der Waals surface area contributed by atoms with Gasteiger partial charge in [-0.3, -0.25) is 24.0 Å². The van der Waals surface area contributed by atoms with E-state index in [-0.39, 0.29) is 36.3 Å². The van der Waals surface area contributed by atoms with E-state index in [9.17, 15) is 24.0 Å². The SMILES string of the molecule is CC(C)[C@@H]1NC(=O)[C@H](Cc2ccccc2)NC(=O)[C@@H](NC(=O)c2cccc(N3CCCC3=O)c2)CCCCNC(=O)c2coc1n2. The van der Waals surface area contributed by atoms with Gasteiger partial charge in [0.15, 0.2) is 5.69 Å². The second-order valence-corrected chi connectivity index (χ2v) is 12.0. The van der Waals surface area contributed by atoms with E-state index in [0.717, 1.165) is 12.0 Å². The van der Waals surface area contributed by atoms with Gasteiger partial charge in [-0.2, -0.15) is 0 Å². The predicted molar refractivity (Wildman–Crippen MR) is 170 cm³/mol. The number of hydrogen-bond donors (Lipinski definition) is 4. The van der Waals surface area contributed by atoms with E-state index in [1.54, 1.807) is 29.2 Å². The van der Waals surface area contributed by atoms with Crippen LogP contribution in [0.15, 0.2) is 65.3 Å². The lowest BCUT2D eigenvalue weighted by atomic mass is 10.0. The zero-order valence-electron chi connectivity index (χ0n) is 26.1. The van der Waals surface area contributed by atoms with Crippen molar-refractivity contribution < 1.29 is 28.4 Å². The molecule has 0 radical (unpaired) electrons. The molecule has 3 atom stereocenters. The third kappa shape index (κ3) is 7.98. The zero-order chi connectivity index (χ0) is 32.6. The summed E-state index contributed by atoms with van der Waals surface area (Å²) in [5, 5.41) is 11.5. The van der Waals surface area contributed by atoms with Crippen molar-refractivity contribution in [1.29, 1.82) is 0 Å². The molecule has 2 aromatic carbocycles. The maximum Gasteiger partial charge on any atom is 0.273 e. The summed E-state index contributed by atoms with van der Waals surface area (Å²) in [6.07, 6.45) is 3.99. The minimum Gasteiger partial charge on any atom is -0.446 e. The summed E-state index contributed by atoms with van der Waals surface area (Å²) in [4.78, 5) is 72.1. The number of rotatable bonds is 6. The third-order valence-electron chi connectivity index (χ3n) is 8.22. The number of aromatic nitrogens is 1. The summed E-state index contributed by atoms with van der Waals surface area (Å²) in [7, 11) is 0. The molecular weight excluding hydrogens is 588 g/mol. The van der Waals surface area contributed by atoms with Gasteiger partial charge in [0.2, 0.25) is 23.6 Å². The van der Waals surface area contributed by atoms with Gasteiger partial charge in [0, 0.05) is 37.2 Å². The second-order valence-electron chi connectivity index (χ2n) is 12.0. The number of amides is 5. The summed E-state index contributed by atoms with van der Waals surface area (Å²) in [5.41, 5.74) is 1.89. The van der Waals surface area contributed by atoms with Gasteiger partial charge in [0.25, 0.3) is 11.8 Å². The normalized spacial score (nSPS) is 21.5. The van der Waals surface area contributed by atoms with Gasteiger partial charge in [0.05, 0.1) is 0 Å². The van der Waals surface area contributed by atoms with E-state index in [4.69, 9.17) is 4.42 Å². The van der Waals surface area contributed by atoms with Gasteiger partial charge >= 0.3 is 0 Å². The molecule has 5 amide bonds. The number of nitrogens with zero attached hydrogens (tertiary/aromatic N) is 2. The van der Waals surface area contributed by atoms with E-state index in [1.165, 1.54) is 6.26 Å². The smallest absolute Gasteiger partial charge is 0.273 e. The molecule has 3 aromatic rings. The average Bonchev–Trinajstić information content (AvgIpc) is 3.71. The molecular formula is C34H40N6O6. The summed E-state index contributed by atoms with van der Waals surface area (Å²) < 4.78 is 5.61. The summed E-state index contributed by atoms with van der Waals surface area (Å²) >= 11 is 0. The number of carbonyl (C=O) groups is 5. The van der Waals surface area contributed by atoms with Gasteiger partial charge in [-0.1, -0.05) is 50.2 Å². The molecule has 2 aliphatic rings. The van der Waals surface area contributed by atoms with Gasteiger partial charge < -0.3 is 30.6 Å². The number of hydrogen-bond acceptors (Lipinski definition) is 7. The van der Waals surface area contributed by atoms with Crippen molar-refractivity contribution in [2.45, 2.75) is 70.5 Å². The molecule has 2 aliphatic heterocycles. The third-order valence-corrected chi connectivity index (χ3v) is 8.22. The quantitative estimate of drug-likeness (QED) is 0.326. The first-order chi connectivity index (χ1) is 22.2. The molecule has 3 heterocycles. The minimum absolute atomic E-state index is 0.00642. The zero-order valence-corrected chi connectivity index (χ0v) is 26.1. The molecule has 0 saturated carbocycles. The Morgan fingerprint density at radius 3 is 2.54 bits per heavy atom. The molecule has 0 aliphatic carbocycles. The van der Waals surface area contributed by atoms with Gasteiger partial charge in [-0.05, 0) is 55.4 Å². The number of oxazole rings is 1. The van der Waals surface area contributed by atoms with Crippen molar-refractivity contribution in [3.63, 3.8) is 0 Å². The van der Waals surface area contributed by atoms with E-state index < -0.39 is 41.8 Å². The largest absolute Gasteiger partial charge is 0.446 e. The van der Waals surface area contributed by atoms with Crippen LogP contribution in [0.1, 0.15) is 84.3 Å². The Morgan fingerprint density at radius 2 is 1.80 bits per heavy atom. The summed E-state index contributed by atoms with van der Waals surface area (Å²) in [5.74, 6) is -1.80. The monoisotopic (exact) mass is 628 g/mol. The van der Waals surface area contributed by atoms with Crippen molar-refractivity contribution >= 4 is 35.2 Å². The van der Waals surface area contributed by atoms with Crippen molar-refractivity contribution in [3.05, 3.63) is 83.6 Å². The standard InChI is InChI=1S/C34H40N6O6/c1-21(2)29-34-38-27(20-46-34)31(43)35-16-7-6-14-25(32(44)37-26(33(45)39-29)18-22-10-4-3-5-11-22)36-30(42)23-12-8-13-24(19-23)40-17-9-15-28(40)41/h3-5,8,10-13,19-21,25-26,29H,6-7,9,14-18H2,1-2H3,(H,35,43)(H,36,42)(H,37,44)(H,39,45)/t25-,26-,29-/m0/s1. The topological polar surface area (TPSA) is 163 Å². The lowest BCUT2D eigenvalue weighted by Gasteiger charge is -2.26. The van der Waals surface area contributed by atoms with E-state index in [2.05, 4.69) is 26.3 Å². The lowest BCUT2D eigenvalue weighted by molar-refractivity contribution is -0.130. The fourth-order valence-corrected chi connectivity index (χ4v) is 5.65. The van der Waals surface area contributed by atoms with Gasteiger partial charge in [-0.15, -0.1) is 0 Å². The highest BCUT2D eigenvalue weighted by Gasteiger charge is 2.32.